The Hall–Kier alpha value is -1.25. The fraction of sp³-hybridized carbons (Fsp3) is 0.444. The molecule has 0 saturated heterocycles. The summed E-state index contributed by atoms with van der Waals surface area (Å²) in [7, 11) is 0. The van der Waals surface area contributed by atoms with Crippen molar-refractivity contribution in [1.29, 1.82) is 0 Å². The van der Waals surface area contributed by atoms with Gasteiger partial charge in [-0.15, -0.1) is 0 Å². The molecule has 0 unspecified atom stereocenters. The van der Waals surface area contributed by atoms with Crippen LogP contribution in [0.1, 0.15) is 19.4 Å². The molecule has 3 nitrogen and oxygen atoms in total. The molecule has 0 amide bonds. The number of pyridine rings is 1. The van der Waals surface area contributed by atoms with E-state index in [0.29, 0.717) is 5.88 Å². The van der Waals surface area contributed by atoms with Crippen LogP contribution in [0.25, 0.3) is 0 Å². The molecule has 1 aromatic heterocycles. The molecule has 0 aliphatic rings. The van der Waals surface area contributed by atoms with Gasteiger partial charge in [-0.2, -0.15) is 0 Å². The highest BCUT2D eigenvalue weighted by atomic mass is 16.5. The standard InChI is InChI=1S/C9H13NO2/c1-6(2)12-9-8(11)4-7(3)5-10-9/h4-6,11H,1-3H3. The lowest BCUT2D eigenvalue weighted by atomic mass is 10.3. The number of hydrogen-bond donors (Lipinski definition) is 1. The lowest BCUT2D eigenvalue weighted by Gasteiger charge is -2.09. The van der Waals surface area contributed by atoms with Gasteiger partial charge in [0.05, 0.1) is 6.10 Å². The summed E-state index contributed by atoms with van der Waals surface area (Å²) in [6, 6.07) is 1.63. The summed E-state index contributed by atoms with van der Waals surface area (Å²) >= 11 is 0. The fourth-order valence-electron chi connectivity index (χ4n) is 0.855. The van der Waals surface area contributed by atoms with Crippen molar-refractivity contribution in [3.8, 4) is 11.6 Å². The van der Waals surface area contributed by atoms with Crippen molar-refractivity contribution in [2.75, 3.05) is 0 Å². The van der Waals surface area contributed by atoms with Gasteiger partial charge in [0, 0.05) is 6.20 Å². The quantitative estimate of drug-likeness (QED) is 0.731. The summed E-state index contributed by atoms with van der Waals surface area (Å²) in [6.45, 7) is 5.65. The molecule has 3 heteroatoms. The molecule has 1 N–H and O–H groups in total. The van der Waals surface area contributed by atoms with Crippen molar-refractivity contribution in [2.45, 2.75) is 26.9 Å². The minimum atomic E-state index is 0.0334. The second-order valence-electron chi connectivity index (χ2n) is 3.00. The Morgan fingerprint density at radius 3 is 2.67 bits per heavy atom. The minimum Gasteiger partial charge on any atom is -0.503 e. The van der Waals surface area contributed by atoms with Gasteiger partial charge in [0.15, 0.2) is 5.75 Å². The number of aromatic nitrogens is 1. The highest BCUT2D eigenvalue weighted by molar-refractivity contribution is 5.34. The maximum Gasteiger partial charge on any atom is 0.257 e. The van der Waals surface area contributed by atoms with Crippen LogP contribution >= 0.6 is 0 Å². The third kappa shape index (κ3) is 2.12. The lowest BCUT2D eigenvalue weighted by Crippen LogP contribution is -2.06. The molecule has 12 heavy (non-hydrogen) atoms. The van der Waals surface area contributed by atoms with Crippen LogP contribution in [-0.2, 0) is 0 Å². The van der Waals surface area contributed by atoms with E-state index in [1.165, 1.54) is 0 Å². The van der Waals surface area contributed by atoms with Crippen LogP contribution < -0.4 is 4.74 Å². The summed E-state index contributed by atoms with van der Waals surface area (Å²) in [6.07, 6.45) is 1.70. The summed E-state index contributed by atoms with van der Waals surface area (Å²) in [5.74, 6) is 0.402. The third-order valence-electron chi connectivity index (χ3n) is 1.32. The van der Waals surface area contributed by atoms with Gasteiger partial charge in [-0.3, -0.25) is 0 Å². The number of rotatable bonds is 2. The maximum atomic E-state index is 9.35. The summed E-state index contributed by atoms with van der Waals surface area (Å²) in [5.41, 5.74) is 0.920. The van der Waals surface area contributed by atoms with E-state index in [4.69, 9.17) is 4.74 Å². The topological polar surface area (TPSA) is 42.4 Å². The molecule has 0 spiro atoms. The van der Waals surface area contributed by atoms with E-state index in [0.717, 1.165) is 5.56 Å². The van der Waals surface area contributed by atoms with Gasteiger partial charge < -0.3 is 9.84 Å². The predicted molar refractivity (Wildman–Crippen MR) is 46.4 cm³/mol. The maximum absolute atomic E-state index is 9.35. The number of nitrogens with zero attached hydrogens (tertiary/aromatic N) is 1. The molecule has 1 rings (SSSR count). The van der Waals surface area contributed by atoms with E-state index in [-0.39, 0.29) is 11.9 Å². The Labute approximate surface area is 72.0 Å². The monoisotopic (exact) mass is 167 g/mol. The first-order valence-electron chi connectivity index (χ1n) is 3.92. The largest absolute Gasteiger partial charge is 0.503 e. The van der Waals surface area contributed by atoms with E-state index in [2.05, 4.69) is 4.98 Å². The van der Waals surface area contributed by atoms with Crippen LogP contribution in [0.15, 0.2) is 12.3 Å². The molecule has 0 aliphatic heterocycles. The van der Waals surface area contributed by atoms with E-state index in [9.17, 15) is 5.11 Å². The van der Waals surface area contributed by atoms with Crippen molar-refractivity contribution < 1.29 is 9.84 Å². The normalized spacial score (nSPS) is 10.3. The van der Waals surface area contributed by atoms with Crippen molar-refractivity contribution in [3.63, 3.8) is 0 Å². The molecule has 0 aromatic carbocycles. The molecule has 0 saturated carbocycles. The Morgan fingerprint density at radius 1 is 1.50 bits per heavy atom. The molecular formula is C9H13NO2. The Kier molecular flexibility index (Phi) is 2.53. The third-order valence-corrected chi connectivity index (χ3v) is 1.32. The highest BCUT2D eigenvalue weighted by Gasteiger charge is 2.05. The fourth-order valence-corrected chi connectivity index (χ4v) is 0.855. The van der Waals surface area contributed by atoms with Crippen molar-refractivity contribution in [1.82, 2.24) is 4.98 Å². The van der Waals surface area contributed by atoms with E-state index in [1.807, 2.05) is 20.8 Å². The molecule has 0 atom stereocenters. The molecule has 1 aromatic rings. The summed E-state index contributed by atoms with van der Waals surface area (Å²) < 4.78 is 5.24. The zero-order chi connectivity index (χ0) is 9.14. The first-order chi connectivity index (χ1) is 5.59. The van der Waals surface area contributed by atoms with Crippen LogP contribution in [0.3, 0.4) is 0 Å². The van der Waals surface area contributed by atoms with Crippen LogP contribution in [0.2, 0.25) is 0 Å². The SMILES string of the molecule is Cc1cnc(OC(C)C)c(O)c1. The number of ether oxygens (including phenoxy) is 1. The molecule has 0 fully saturated rings. The Bertz CT molecular complexity index is 271. The zero-order valence-corrected chi connectivity index (χ0v) is 7.53. The van der Waals surface area contributed by atoms with Crippen molar-refractivity contribution >= 4 is 0 Å². The van der Waals surface area contributed by atoms with Crippen LogP contribution in [0.5, 0.6) is 11.6 Å². The molecule has 66 valence electrons. The molecule has 0 aliphatic carbocycles. The van der Waals surface area contributed by atoms with E-state index >= 15 is 0 Å². The second kappa shape index (κ2) is 3.43. The Morgan fingerprint density at radius 2 is 2.17 bits per heavy atom. The first kappa shape index (κ1) is 8.84. The van der Waals surface area contributed by atoms with Crippen LogP contribution in [0, 0.1) is 6.92 Å². The second-order valence-corrected chi connectivity index (χ2v) is 3.00. The lowest BCUT2D eigenvalue weighted by molar-refractivity contribution is 0.221. The van der Waals surface area contributed by atoms with Crippen LogP contribution in [0.4, 0.5) is 0 Å². The van der Waals surface area contributed by atoms with Gasteiger partial charge in [0.2, 0.25) is 0 Å². The van der Waals surface area contributed by atoms with Crippen molar-refractivity contribution in [2.24, 2.45) is 0 Å². The smallest absolute Gasteiger partial charge is 0.257 e. The average molecular weight is 167 g/mol. The summed E-state index contributed by atoms with van der Waals surface area (Å²) in [5, 5.41) is 9.35. The van der Waals surface area contributed by atoms with Crippen molar-refractivity contribution in [3.05, 3.63) is 17.8 Å². The first-order valence-corrected chi connectivity index (χ1v) is 3.92. The van der Waals surface area contributed by atoms with Gasteiger partial charge in [-0.25, -0.2) is 4.98 Å². The number of hydrogen-bond acceptors (Lipinski definition) is 3. The number of aromatic hydroxyl groups is 1. The zero-order valence-electron chi connectivity index (χ0n) is 7.53. The van der Waals surface area contributed by atoms with Gasteiger partial charge in [0.1, 0.15) is 0 Å². The Balaban J connectivity index is 2.86. The van der Waals surface area contributed by atoms with Crippen LogP contribution in [-0.4, -0.2) is 16.2 Å². The minimum absolute atomic E-state index is 0.0334. The van der Waals surface area contributed by atoms with E-state index < -0.39 is 0 Å². The van der Waals surface area contributed by atoms with E-state index in [1.54, 1.807) is 12.3 Å². The molecule has 0 bridgehead atoms. The number of aryl methyl sites for hydroxylation is 1. The van der Waals surface area contributed by atoms with Gasteiger partial charge >= 0.3 is 0 Å². The van der Waals surface area contributed by atoms with Gasteiger partial charge in [0.25, 0.3) is 5.88 Å². The van der Waals surface area contributed by atoms with Gasteiger partial charge in [-0.1, -0.05) is 0 Å². The molecular weight excluding hydrogens is 154 g/mol. The highest BCUT2D eigenvalue weighted by Crippen LogP contribution is 2.23. The van der Waals surface area contributed by atoms with Gasteiger partial charge in [-0.05, 0) is 32.4 Å². The molecule has 0 radical (unpaired) electrons. The summed E-state index contributed by atoms with van der Waals surface area (Å²) in [4.78, 5) is 3.95. The average Bonchev–Trinajstić information content (AvgIpc) is 1.94. The predicted octanol–water partition coefficient (Wildman–Crippen LogP) is 1.88. The molecule has 1 heterocycles.